The molecule has 1 heterocycles. The van der Waals surface area contributed by atoms with E-state index in [1.807, 2.05) is 48.5 Å². The fraction of sp³-hybridized carbons (Fsp3) is 0.138. The van der Waals surface area contributed by atoms with Gasteiger partial charge in [-0.3, -0.25) is 4.79 Å². The Morgan fingerprint density at radius 3 is 2.32 bits per heavy atom. The minimum atomic E-state index is -0.293. The maximum absolute atomic E-state index is 12.9. The zero-order valence-corrected chi connectivity index (χ0v) is 22.5. The number of pyridine rings is 1. The maximum atomic E-state index is 12.9. The molecule has 4 aromatic rings. The first-order valence-electron chi connectivity index (χ1n) is 11.5. The van der Waals surface area contributed by atoms with Crippen LogP contribution in [-0.2, 0) is 4.79 Å². The summed E-state index contributed by atoms with van der Waals surface area (Å²) in [6.45, 7) is 0. The molecule has 7 nitrogen and oxygen atoms in total. The van der Waals surface area contributed by atoms with E-state index in [0.717, 1.165) is 11.1 Å². The molecule has 0 aliphatic rings. The Labute approximate surface area is 230 Å². The summed E-state index contributed by atoms with van der Waals surface area (Å²) in [6, 6.07) is 24.2. The molecule has 1 N–H and O–H groups in total. The second kappa shape index (κ2) is 12.4. The molecule has 0 aliphatic carbocycles. The molecule has 0 unspecified atom stereocenters. The van der Waals surface area contributed by atoms with Crippen molar-refractivity contribution in [1.82, 2.24) is 4.98 Å². The van der Waals surface area contributed by atoms with Gasteiger partial charge >= 0.3 is 0 Å². The summed E-state index contributed by atoms with van der Waals surface area (Å²) < 4.78 is 16.2. The Morgan fingerprint density at radius 1 is 0.921 bits per heavy atom. The predicted octanol–water partition coefficient (Wildman–Crippen LogP) is 6.70. The SMILES string of the molecule is COc1ccc(Cl)cc1NC(=O)CSc1nc(-c2ccccc2)cc(-c2ccc(OC)c(OC)c2)c1C#N. The van der Waals surface area contributed by atoms with Crippen LogP contribution in [0.3, 0.4) is 0 Å². The molecule has 1 aromatic heterocycles. The summed E-state index contributed by atoms with van der Waals surface area (Å²) in [6.07, 6.45) is 0. The highest BCUT2D eigenvalue weighted by Crippen LogP contribution is 2.38. The van der Waals surface area contributed by atoms with E-state index in [-0.39, 0.29) is 11.7 Å². The molecule has 192 valence electrons. The lowest BCUT2D eigenvalue weighted by Gasteiger charge is -2.15. The van der Waals surface area contributed by atoms with Crippen molar-refractivity contribution < 1.29 is 19.0 Å². The van der Waals surface area contributed by atoms with Gasteiger partial charge in [-0.1, -0.05) is 59.8 Å². The molecule has 0 radical (unpaired) electrons. The third-order valence-electron chi connectivity index (χ3n) is 5.64. The second-order valence-corrected chi connectivity index (χ2v) is 9.36. The molecule has 4 rings (SSSR count). The number of nitrogens with one attached hydrogen (secondary N) is 1. The van der Waals surface area contributed by atoms with Gasteiger partial charge in [0.1, 0.15) is 16.8 Å². The van der Waals surface area contributed by atoms with Gasteiger partial charge in [-0.15, -0.1) is 0 Å². The summed E-state index contributed by atoms with van der Waals surface area (Å²) in [7, 11) is 4.64. The third-order valence-corrected chi connectivity index (χ3v) is 6.85. The van der Waals surface area contributed by atoms with Crippen LogP contribution >= 0.6 is 23.4 Å². The maximum Gasteiger partial charge on any atom is 0.234 e. The predicted molar refractivity (Wildman–Crippen MR) is 150 cm³/mol. The molecule has 0 fully saturated rings. The van der Waals surface area contributed by atoms with E-state index in [1.165, 1.54) is 18.9 Å². The van der Waals surface area contributed by atoms with Crippen LogP contribution in [0.15, 0.2) is 77.8 Å². The lowest BCUT2D eigenvalue weighted by atomic mass is 9.99. The molecule has 3 aromatic carbocycles. The van der Waals surface area contributed by atoms with Crippen LogP contribution in [0.1, 0.15) is 5.56 Å². The number of benzene rings is 3. The van der Waals surface area contributed by atoms with Crippen LogP contribution in [0.5, 0.6) is 17.2 Å². The molecule has 38 heavy (non-hydrogen) atoms. The molecule has 0 bridgehead atoms. The molecule has 0 spiro atoms. The Hall–Kier alpha value is -4.19. The fourth-order valence-electron chi connectivity index (χ4n) is 3.82. The summed E-state index contributed by atoms with van der Waals surface area (Å²) in [5.41, 5.74) is 3.80. The second-order valence-electron chi connectivity index (χ2n) is 7.96. The standard InChI is InChI=1S/C29H24ClN3O4S/c1-35-25-12-10-20(30)14-24(25)32-28(34)17-38-29-22(16-31)21(15-23(33-29)18-7-5-4-6-8-18)19-9-11-26(36-2)27(13-19)37-3/h4-15H,17H2,1-3H3,(H,32,34). The van der Waals surface area contributed by atoms with E-state index in [1.54, 1.807) is 38.5 Å². The van der Waals surface area contributed by atoms with E-state index >= 15 is 0 Å². The largest absolute Gasteiger partial charge is 0.495 e. The number of amides is 1. The zero-order valence-electron chi connectivity index (χ0n) is 20.9. The van der Waals surface area contributed by atoms with E-state index in [9.17, 15) is 10.1 Å². The number of methoxy groups -OCH3 is 3. The molecule has 0 aliphatic heterocycles. The topological polar surface area (TPSA) is 93.5 Å². The van der Waals surface area contributed by atoms with Crippen LogP contribution in [0, 0.1) is 11.3 Å². The quantitative estimate of drug-likeness (QED) is 0.234. The van der Waals surface area contributed by atoms with Crippen LogP contribution in [-0.4, -0.2) is 38.0 Å². The van der Waals surface area contributed by atoms with Gasteiger partial charge in [-0.05, 0) is 42.0 Å². The van der Waals surface area contributed by atoms with Crippen LogP contribution in [0.25, 0.3) is 22.4 Å². The van der Waals surface area contributed by atoms with Gasteiger partial charge in [0.2, 0.25) is 5.91 Å². The number of nitriles is 1. The molecule has 9 heteroatoms. The zero-order chi connectivity index (χ0) is 27.1. The average molecular weight is 546 g/mol. The van der Waals surface area contributed by atoms with Crippen LogP contribution in [0.2, 0.25) is 5.02 Å². The number of ether oxygens (including phenoxy) is 3. The van der Waals surface area contributed by atoms with Crippen molar-refractivity contribution in [3.63, 3.8) is 0 Å². The Morgan fingerprint density at radius 2 is 1.63 bits per heavy atom. The van der Waals surface area contributed by atoms with Gasteiger partial charge in [0.15, 0.2) is 11.5 Å². The van der Waals surface area contributed by atoms with Gasteiger partial charge in [-0.25, -0.2) is 4.98 Å². The molecule has 0 saturated carbocycles. The first kappa shape index (κ1) is 26.9. The number of aromatic nitrogens is 1. The van der Waals surface area contributed by atoms with Gasteiger partial charge in [0, 0.05) is 16.1 Å². The van der Waals surface area contributed by atoms with Crippen molar-refractivity contribution in [2.75, 3.05) is 32.4 Å². The number of rotatable bonds is 9. The number of carbonyl (C=O) groups excluding carboxylic acids is 1. The molecular formula is C29H24ClN3O4S. The fourth-order valence-corrected chi connectivity index (χ4v) is 4.80. The number of thioether (sulfide) groups is 1. The third kappa shape index (κ3) is 6.02. The van der Waals surface area contributed by atoms with Gasteiger partial charge in [0.05, 0.1) is 44.0 Å². The van der Waals surface area contributed by atoms with Crippen molar-refractivity contribution in [3.8, 4) is 45.7 Å². The lowest BCUT2D eigenvalue weighted by molar-refractivity contribution is -0.113. The highest BCUT2D eigenvalue weighted by Gasteiger charge is 2.19. The van der Waals surface area contributed by atoms with Gasteiger partial charge in [0.25, 0.3) is 0 Å². The van der Waals surface area contributed by atoms with Crippen molar-refractivity contribution in [1.29, 1.82) is 5.26 Å². The minimum absolute atomic E-state index is 0.0148. The van der Waals surface area contributed by atoms with E-state index in [2.05, 4.69) is 11.4 Å². The summed E-state index contributed by atoms with van der Waals surface area (Å²) in [4.78, 5) is 17.6. The lowest BCUT2D eigenvalue weighted by Crippen LogP contribution is -2.15. The summed E-state index contributed by atoms with van der Waals surface area (Å²) >= 11 is 7.26. The van der Waals surface area contributed by atoms with Crippen LogP contribution < -0.4 is 19.5 Å². The Balaban J connectivity index is 1.72. The summed E-state index contributed by atoms with van der Waals surface area (Å²) in [5, 5.41) is 13.9. The minimum Gasteiger partial charge on any atom is -0.495 e. The molecule has 1 amide bonds. The number of hydrogen-bond acceptors (Lipinski definition) is 7. The summed E-state index contributed by atoms with van der Waals surface area (Å²) in [5.74, 6) is 1.33. The number of carbonyl (C=O) groups is 1. The Bertz CT molecular complexity index is 1510. The average Bonchev–Trinajstić information content (AvgIpc) is 2.95. The van der Waals surface area contributed by atoms with Crippen molar-refractivity contribution in [2.45, 2.75) is 5.03 Å². The molecule has 0 atom stereocenters. The molecular weight excluding hydrogens is 522 g/mol. The Kier molecular flexibility index (Phi) is 8.74. The number of hydrogen-bond donors (Lipinski definition) is 1. The first-order valence-corrected chi connectivity index (χ1v) is 12.8. The number of halogens is 1. The van der Waals surface area contributed by atoms with Gasteiger partial charge < -0.3 is 19.5 Å². The highest BCUT2D eigenvalue weighted by molar-refractivity contribution is 8.00. The normalized spacial score (nSPS) is 10.4. The first-order chi connectivity index (χ1) is 18.5. The molecule has 0 saturated heterocycles. The van der Waals surface area contributed by atoms with E-state index in [0.29, 0.717) is 49.8 Å². The highest BCUT2D eigenvalue weighted by atomic mass is 35.5. The van der Waals surface area contributed by atoms with Crippen molar-refractivity contribution >= 4 is 35.0 Å². The van der Waals surface area contributed by atoms with Crippen molar-refractivity contribution in [3.05, 3.63) is 83.4 Å². The van der Waals surface area contributed by atoms with E-state index < -0.39 is 0 Å². The monoisotopic (exact) mass is 545 g/mol. The number of nitrogens with zero attached hydrogens (tertiary/aromatic N) is 2. The van der Waals surface area contributed by atoms with E-state index in [4.69, 9.17) is 30.8 Å². The smallest absolute Gasteiger partial charge is 0.234 e. The number of anilines is 1. The van der Waals surface area contributed by atoms with Crippen molar-refractivity contribution in [2.24, 2.45) is 0 Å². The van der Waals surface area contributed by atoms with Crippen LogP contribution in [0.4, 0.5) is 5.69 Å². The van der Waals surface area contributed by atoms with Gasteiger partial charge in [-0.2, -0.15) is 5.26 Å².